The molecule has 0 radical (unpaired) electrons. The van der Waals surface area contributed by atoms with Gasteiger partial charge in [-0.2, -0.15) is 0 Å². The molecule has 1 nitrogen and oxygen atoms in total. The highest BCUT2D eigenvalue weighted by molar-refractivity contribution is 5.65. The lowest BCUT2D eigenvalue weighted by molar-refractivity contribution is 0.439. The number of nitrogens with zero attached hydrogens (tertiary/aromatic N) is 1. The van der Waals surface area contributed by atoms with Crippen LogP contribution in [0.15, 0.2) is 60.7 Å². The molecule has 0 aliphatic rings. The maximum Gasteiger partial charge on any atom is 0.0416 e. The van der Waals surface area contributed by atoms with E-state index in [4.69, 9.17) is 0 Å². The standard InChI is InChI=1S/C20H27N/c1-4-5-12-17-20(2,3)21(18-13-8-6-9-14-18)19-15-10-7-11-16-19/h6-11,13-16H,4-5,12,17H2,1-3H3. The van der Waals surface area contributed by atoms with Crippen molar-refractivity contribution in [1.29, 1.82) is 0 Å². The normalized spacial score (nSPS) is 11.4. The van der Waals surface area contributed by atoms with Crippen molar-refractivity contribution >= 4 is 11.4 Å². The minimum Gasteiger partial charge on any atom is -0.336 e. The second-order valence-corrected chi connectivity index (χ2v) is 6.28. The molecule has 0 fully saturated rings. The number of anilines is 2. The molecular formula is C20H27N. The van der Waals surface area contributed by atoms with Gasteiger partial charge in [-0.05, 0) is 44.5 Å². The van der Waals surface area contributed by atoms with Crippen molar-refractivity contribution in [2.24, 2.45) is 0 Å². The zero-order valence-corrected chi connectivity index (χ0v) is 13.5. The Balaban J connectivity index is 2.32. The number of benzene rings is 2. The first kappa shape index (κ1) is 15.6. The van der Waals surface area contributed by atoms with Crippen LogP contribution in [0.2, 0.25) is 0 Å². The van der Waals surface area contributed by atoms with E-state index in [1.54, 1.807) is 0 Å². The predicted molar refractivity (Wildman–Crippen MR) is 93.2 cm³/mol. The molecule has 0 N–H and O–H groups in total. The third kappa shape index (κ3) is 4.10. The van der Waals surface area contributed by atoms with Crippen molar-refractivity contribution in [3.8, 4) is 0 Å². The zero-order chi connectivity index (χ0) is 15.1. The SMILES string of the molecule is CCCCCC(C)(C)N(c1ccccc1)c1ccccc1. The summed E-state index contributed by atoms with van der Waals surface area (Å²) in [6.45, 7) is 6.96. The number of hydrogen-bond acceptors (Lipinski definition) is 1. The van der Waals surface area contributed by atoms with Crippen LogP contribution < -0.4 is 4.90 Å². The molecule has 2 aromatic rings. The Morgan fingerprint density at radius 3 is 1.67 bits per heavy atom. The molecular weight excluding hydrogens is 254 g/mol. The van der Waals surface area contributed by atoms with E-state index in [9.17, 15) is 0 Å². The Labute approximate surface area is 129 Å². The summed E-state index contributed by atoms with van der Waals surface area (Å²) in [6, 6.07) is 21.4. The van der Waals surface area contributed by atoms with E-state index in [1.807, 2.05) is 0 Å². The van der Waals surface area contributed by atoms with Crippen LogP contribution in [0.4, 0.5) is 11.4 Å². The summed E-state index contributed by atoms with van der Waals surface area (Å²) in [5.41, 5.74) is 2.65. The first-order valence-corrected chi connectivity index (χ1v) is 8.05. The summed E-state index contributed by atoms with van der Waals surface area (Å²) < 4.78 is 0. The van der Waals surface area contributed by atoms with Crippen LogP contribution in [0.3, 0.4) is 0 Å². The van der Waals surface area contributed by atoms with E-state index in [1.165, 1.54) is 37.1 Å². The van der Waals surface area contributed by atoms with Crippen molar-refractivity contribution in [2.45, 2.75) is 52.0 Å². The van der Waals surface area contributed by atoms with Crippen molar-refractivity contribution < 1.29 is 0 Å². The fraction of sp³-hybridized carbons (Fsp3) is 0.400. The van der Waals surface area contributed by atoms with Gasteiger partial charge < -0.3 is 4.90 Å². The summed E-state index contributed by atoms with van der Waals surface area (Å²) in [4.78, 5) is 2.47. The Morgan fingerprint density at radius 1 is 0.762 bits per heavy atom. The van der Waals surface area contributed by atoms with Gasteiger partial charge in [0.25, 0.3) is 0 Å². The van der Waals surface area contributed by atoms with Gasteiger partial charge in [0, 0.05) is 16.9 Å². The van der Waals surface area contributed by atoms with Gasteiger partial charge in [0.2, 0.25) is 0 Å². The molecule has 2 aromatic carbocycles. The highest BCUT2D eigenvalue weighted by Crippen LogP contribution is 2.35. The van der Waals surface area contributed by atoms with Crippen LogP contribution in [0.5, 0.6) is 0 Å². The molecule has 21 heavy (non-hydrogen) atoms. The molecule has 0 bridgehead atoms. The molecule has 0 atom stereocenters. The molecule has 2 rings (SSSR count). The maximum atomic E-state index is 2.47. The molecule has 0 amide bonds. The summed E-state index contributed by atoms with van der Waals surface area (Å²) >= 11 is 0. The minimum absolute atomic E-state index is 0.109. The molecule has 0 heterocycles. The highest BCUT2D eigenvalue weighted by atomic mass is 15.2. The van der Waals surface area contributed by atoms with Gasteiger partial charge in [0.05, 0.1) is 0 Å². The monoisotopic (exact) mass is 281 g/mol. The van der Waals surface area contributed by atoms with Crippen LogP contribution in [0.25, 0.3) is 0 Å². The summed E-state index contributed by atoms with van der Waals surface area (Å²) in [5, 5.41) is 0. The van der Waals surface area contributed by atoms with E-state index in [-0.39, 0.29) is 5.54 Å². The van der Waals surface area contributed by atoms with Crippen LogP contribution in [-0.4, -0.2) is 5.54 Å². The molecule has 0 unspecified atom stereocenters. The summed E-state index contributed by atoms with van der Waals surface area (Å²) in [7, 11) is 0. The van der Waals surface area contributed by atoms with Gasteiger partial charge in [-0.3, -0.25) is 0 Å². The Hall–Kier alpha value is -1.76. The molecule has 0 saturated carbocycles. The van der Waals surface area contributed by atoms with Crippen molar-refractivity contribution in [3.05, 3.63) is 60.7 Å². The van der Waals surface area contributed by atoms with E-state index in [0.29, 0.717) is 0 Å². The number of unbranched alkanes of at least 4 members (excludes halogenated alkanes) is 2. The van der Waals surface area contributed by atoms with E-state index in [0.717, 1.165) is 0 Å². The van der Waals surface area contributed by atoms with Crippen molar-refractivity contribution in [1.82, 2.24) is 0 Å². The van der Waals surface area contributed by atoms with Crippen LogP contribution in [0, 0.1) is 0 Å². The topological polar surface area (TPSA) is 3.24 Å². The molecule has 0 aliphatic carbocycles. The van der Waals surface area contributed by atoms with Gasteiger partial charge in [-0.25, -0.2) is 0 Å². The zero-order valence-electron chi connectivity index (χ0n) is 13.5. The van der Waals surface area contributed by atoms with Gasteiger partial charge in [0.15, 0.2) is 0 Å². The first-order chi connectivity index (χ1) is 10.1. The van der Waals surface area contributed by atoms with Crippen LogP contribution in [-0.2, 0) is 0 Å². The van der Waals surface area contributed by atoms with Crippen LogP contribution >= 0.6 is 0 Å². The third-order valence-electron chi connectivity index (χ3n) is 4.03. The summed E-state index contributed by atoms with van der Waals surface area (Å²) in [5.74, 6) is 0. The fourth-order valence-corrected chi connectivity index (χ4v) is 2.92. The lowest BCUT2D eigenvalue weighted by Crippen LogP contribution is -2.40. The second-order valence-electron chi connectivity index (χ2n) is 6.28. The molecule has 112 valence electrons. The van der Waals surface area contributed by atoms with Gasteiger partial charge in [-0.1, -0.05) is 62.6 Å². The second kappa shape index (κ2) is 7.31. The fourth-order valence-electron chi connectivity index (χ4n) is 2.92. The van der Waals surface area contributed by atoms with Gasteiger partial charge >= 0.3 is 0 Å². The molecule has 0 aromatic heterocycles. The van der Waals surface area contributed by atoms with Gasteiger partial charge in [0.1, 0.15) is 0 Å². The third-order valence-corrected chi connectivity index (χ3v) is 4.03. The number of para-hydroxylation sites is 2. The lowest BCUT2D eigenvalue weighted by Gasteiger charge is -2.41. The molecule has 0 aliphatic heterocycles. The predicted octanol–water partition coefficient (Wildman–Crippen LogP) is 6.18. The Kier molecular flexibility index (Phi) is 5.44. The summed E-state index contributed by atoms with van der Waals surface area (Å²) in [6.07, 6.45) is 5.05. The number of rotatable bonds is 7. The Morgan fingerprint density at radius 2 is 1.24 bits per heavy atom. The smallest absolute Gasteiger partial charge is 0.0416 e. The van der Waals surface area contributed by atoms with E-state index < -0.39 is 0 Å². The Bertz CT molecular complexity index is 477. The molecule has 0 spiro atoms. The molecule has 1 heteroatoms. The highest BCUT2D eigenvalue weighted by Gasteiger charge is 2.27. The number of hydrogen-bond donors (Lipinski definition) is 0. The maximum absolute atomic E-state index is 2.47. The van der Waals surface area contributed by atoms with Crippen LogP contribution in [0.1, 0.15) is 46.5 Å². The largest absolute Gasteiger partial charge is 0.336 e. The van der Waals surface area contributed by atoms with Crippen molar-refractivity contribution in [3.63, 3.8) is 0 Å². The lowest BCUT2D eigenvalue weighted by atomic mass is 9.93. The van der Waals surface area contributed by atoms with E-state index in [2.05, 4.69) is 86.3 Å². The minimum atomic E-state index is 0.109. The van der Waals surface area contributed by atoms with E-state index >= 15 is 0 Å². The average Bonchev–Trinajstić information content (AvgIpc) is 2.49. The first-order valence-electron chi connectivity index (χ1n) is 8.05. The molecule has 0 saturated heterocycles. The van der Waals surface area contributed by atoms with Crippen molar-refractivity contribution in [2.75, 3.05) is 4.90 Å². The quantitative estimate of drug-likeness (QED) is 0.547. The average molecular weight is 281 g/mol. The van der Waals surface area contributed by atoms with Gasteiger partial charge in [-0.15, -0.1) is 0 Å².